The lowest BCUT2D eigenvalue weighted by Crippen LogP contribution is -2.41. The molecular weight excluding hydrogens is 244 g/mol. The van der Waals surface area contributed by atoms with Gasteiger partial charge in [-0.15, -0.1) is 11.3 Å². The standard InChI is InChI=1S/C14H20N2OS/c1-11-8-16(6-4-14(11)17)9-13-7-12(10-18-13)3-2-5-15/h7,10-11,14,17H,4-6,8-9,15H2,1H3. The topological polar surface area (TPSA) is 49.5 Å². The van der Waals surface area contributed by atoms with Crippen molar-refractivity contribution in [2.24, 2.45) is 11.7 Å². The van der Waals surface area contributed by atoms with Crippen molar-refractivity contribution in [1.29, 1.82) is 0 Å². The van der Waals surface area contributed by atoms with Gasteiger partial charge in [-0.1, -0.05) is 18.8 Å². The molecule has 98 valence electrons. The fourth-order valence-electron chi connectivity index (χ4n) is 2.27. The van der Waals surface area contributed by atoms with Crippen molar-refractivity contribution in [3.8, 4) is 11.8 Å². The Hall–Kier alpha value is -0.860. The second-order valence-electron chi connectivity index (χ2n) is 4.88. The average Bonchev–Trinajstić information content (AvgIpc) is 2.79. The lowest BCUT2D eigenvalue weighted by molar-refractivity contribution is 0.0324. The van der Waals surface area contributed by atoms with Gasteiger partial charge in [-0.25, -0.2) is 0 Å². The lowest BCUT2D eigenvalue weighted by atomic mass is 9.97. The minimum Gasteiger partial charge on any atom is -0.393 e. The second-order valence-corrected chi connectivity index (χ2v) is 5.87. The number of hydrogen-bond acceptors (Lipinski definition) is 4. The Bertz CT molecular complexity index is 446. The van der Waals surface area contributed by atoms with Crippen LogP contribution in [0.4, 0.5) is 0 Å². The van der Waals surface area contributed by atoms with Crippen molar-refractivity contribution in [1.82, 2.24) is 4.90 Å². The third-order valence-corrected chi connectivity index (χ3v) is 4.23. The largest absolute Gasteiger partial charge is 0.393 e. The van der Waals surface area contributed by atoms with Crippen LogP contribution < -0.4 is 5.73 Å². The third-order valence-electron chi connectivity index (χ3n) is 3.31. The number of thiophene rings is 1. The highest BCUT2D eigenvalue weighted by Crippen LogP contribution is 2.21. The van der Waals surface area contributed by atoms with E-state index in [0.717, 1.165) is 31.6 Å². The number of nitrogens with zero attached hydrogens (tertiary/aromatic N) is 1. The smallest absolute Gasteiger partial charge is 0.0590 e. The molecule has 2 atom stereocenters. The van der Waals surface area contributed by atoms with Crippen LogP contribution in [0.5, 0.6) is 0 Å². The molecule has 0 bridgehead atoms. The number of aliphatic hydroxyl groups excluding tert-OH is 1. The molecule has 1 aliphatic rings. The fraction of sp³-hybridized carbons (Fsp3) is 0.571. The molecule has 1 aromatic rings. The molecule has 0 radical (unpaired) electrons. The zero-order chi connectivity index (χ0) is 13.0. The molecule has 4 heteroatoms. The van der Waals surface area contributed by atoms with Crippen LogP contribution >= 0.6 is 11.3 Å². The van der Waals surface area contributed by atoms with Crippen LogP contribution in [-0.4, -0.2) is 35.7 Å². The fourth-order valence-corrected chi connectivity index (χ4v) is 3.12. The van der Waals surface area contributed by atoms with Crippen LogP contribution in [-0.2, 0) is 6.54 Å². The Morgan fingerprint density at radius 3 is 3.17 bits per heavy atom. The molecule has 1 saturated heterocycles. The van der Waals surface area contributed by atoms with Crippen molar-refractivity contribution in [2.75, 3.05) is 19.6 Å². The zero-order valence-corrected chi connectivity index (χ0v) is 11.5. The van der Waals surface area contributed by atoms with Gasteiger partial charge in [-0.2, -0.15) is 0 Å². The van der Waals surface area contributed by atoms with E-state index >= 15 is 0 Å². The van der Waals surface area contributed by atoms with E-state index in [9.17, 15) is 5.11 Å². The van der Waals surface area contributed by atoms with Gasteiger partial charge in [0.05, 0.1) is 12.6 Å². The average molecular weight is 264 g/mol. The minimum atomic E-state index is -0.129. The highest BCUT2D eigenvalue weighted by molar-refractivity contribution is 7.10. The second kappa shape index (κ2) is 6.35. The number of likely N-dealkylation sites (tertiary alicyclic amines) is 1. The first-order valence-electron chi connectivity index (χ1n) is 6.36. The van der Waals surface area contributed by atoms with Crippen molar-refractivity contribution >= 4 is 11.3 Å². The summed E-state index contributed by atoms with van der Waals surface area (Å²) in [5.74, 6) is 6.30. The summed E-state index contributed by atoms with van der Waals surface area (Å²) in [7, 11) is 0. The molecule has 0 spiro atoms. The van der Waals surface area contributed by atoms with E-state index in [2.05, 4.69) is 35.1 Å². The maximum absolute atomic E-state index is 9.71. The van der Waals surface area contributed by atoms with Gasteiger partial charge in [-0.05, 0) is 18.4 Å². The van der Waals surface area contributed by atoms with Crippen molar-refractivity contribution in [2.45, 2.75) is 26.0 Å². The number of nitrogens with two attached hydrogens (primary N) is 1. The van der Waals surface area contributed by atoms with Crippen LogP contribution in [0.3, 0.4) is 0 Å². The number of rotatable bonds is 2. The quantitative estimate of drug-likeness (QED) is 0.791. The van der Waals surface area contributed by atoms with Gasteiger partial charge < -0.3 is 10.8 Å². The molecule has 0 amide bonds. The van der Waals surface area contributed by atoms with E-state index in [1.807, 2.05) is 0 Å². The molecule has 1 fully saturated rings. The van der Waals surface area contributed by atoms with Gasteiger partial charge >= 0.3 is 0 Å². The Morgan fingerprint density at radius 1 is 1.61 bits per heavy atom. The molecule has 2 unspecified atom stereocenters. The first-order valence-corrected chi connectivity index (χ1v) is 7.23. The molecule has 0 saturated carbocycles. The first-order chi connectivity index (χ1) is 8.69. The molecule has 0 aromatic carbocycles. The van der Waals surface area contributed by atoms with Crippen LogP contribution in [0.1, 0.15) is 23.8 Å². The molecule has 1 aromatic heterocycles. The first kappa shape index (κ1) is 13.6. The normalized spacial score (nSPS) is 24.6. The van der Waals surface area contributed by atoms with Gasteiger partial charge in [0.1, 0.15) is 0 Å². The van der Waals surface area contributed by atoms with Crippen LogP contribution in [0.25, 0.3) is 0 Å². The van der Waals surface area contributed by atoms with Gasteiger partial charge in [0, 0.05) is 35.5 Å². The van der Waals surface area contributed by atoms with E-state index < -0.39 is 0 Å². The SMILES string of the molecule is CC1CN(Cc2cc(C#CCN)cs2)CCC1O. The van der Waals surface area contributed by atoms with Crippen molar-refractivity contribution in [3.05, 3.63) is 21.9 Å². The van der Waals surface area contributed by atoms with Gasteiger partial charge in [-0.3, -0.25) is 4.90 Å². The molecule has 2 rings (SSSR count). The van der Waals surface area contributed by atoms with Crippen molar-refractivity contribution < 1.29 is 5.11 Å². The predicted octanol–water partition coefficient (Wildman–Crippen LogP) is 1.26. The van der Waals surface area contributed by atoms with Gasteiger partial charge in [0.15, 0.2) is 0 Å². The lowest BCUT2D eigenvalue weighted by Gasteiger charge is -2.34. The number of aliphatic hydroxyl groups is 1. The molecule has 2 heterocycles. The summed E-state index contributed by atoms with van der Waals surface area (Å²) in [6.45, 7) is 5.44. The summed E-state index contributed by atoms with van der Waals surface area (Å²) in [6, 6.07) is 2.14. The van der Waals surface area contributed by atoms with E-state index in [4.69, 9.17) is 5.73 Å². The summed E-state index contributed by atoms with van der Waals surface area (Å²) >= 11 is 1.75. The molecule has 0 aliphatic carbocycles. The minimum absolute atomic E-state index is 0.129. The van der Waals surface area contributed by atoms with Crippen LogP contribution in [0.2, 0.25) is 0 Å². The summed E-state index contributed by atoms with van der Waals surface area (Å²) in [6.07, 6.45) is 0.752. The Balaban J connectivity index is 1.91. The summed E-state index contributed by atoms with van der Waals surface area (Å²) in [5.41, 5.74) is 6.42. The number of hydrogen-bond donors (Lipinski definition) is 2. The Kier molecular flexibility index (Phi) is 4.79. The molecular formula is C14H20N2OS. The van der Waals surface area contributed by atoms with Crippen LogP contribution in [0, 0.1) is 17.8 Å². The maximum atomic E-state index is 9.71. The van der Waals surface area contributed by atoms with E-state index in [-0.39, 0.29) is 6.10 Å². The van der Waals surface area contributed by atoms with E-state index in [0.29, 0.717) is 12.5 Å². The Labute approximate surface area is 113 Å². The van der Waals surface area contributed by atoms with Gasteiger partial charge in [0.2, 0.25) is 0 Å². The van der Waals surface area contributed by atoms with E-state index in [1.54, 1.807) is 11.3 Å². The highest BCUT2D eigenvalue weighted by atomic mass is 32.1. The summed E-state index contributed by atoms with van der Waals surface area (Å²) < 4.78 is 0. The zero-order valence-electron chi connectivity index (χ0n) is 10.7. The molecule has 3 N–H and O–H groups in total. The molecule has 18 heavy (non-hydrogen) atoms. The highest BCUT2D eigenvalue weighted by Gasteiger charge is 2.24. The summed E-state index contributed by atoms with van der Waals surface area (Å²) in [5, 5.41) is 11.8. The maximum Gasteiger partial charge on any atom is 0.0590 e. The molecule has 3 nitrogen and oxygen atoms in total. The van der Waals surface area contributed by atoms with Gasteiger partial charge in [0.25, 0.3) is 0 Å². The Morgan fingerprint density at radius 2 is 2.44 bits per heavy atom. The predicted molar refractivity (Wildman–Crippen MR) is 75.3 cm³/mol. The van der Waals surface area contributed by atoms with Crippen molar-refractivity contribution in [3.63, 3.8) is 0 Å². The van der Waals surface area contributed by atoms with Crippen LogP contribution in [0.15, 0.2) is 11.4 Å². The monoisotopic (exact) mass is 264 g/mol. The number of piperidine rings is 1. The molecule has 1 aliphatic heterocycles. The summed E-state index contributed by atoms with van der Waals surface area (Å²) in [4.78, 5) is 3.74. The third kappa shape index (κ3) is 3.56. The van der Waals surface area contributed by atoms with E-state index in [1.165, 1.54) is 4.88 Å².